The molecule has 2 aromatic rings. The molecule has 0 bridgehead atoms. The van der Waals surface area contributed by atoms with Crippen LogP contribution in [0.1, 0.15) is 31.1 Å². The number of nitrogens with zero attached hydrogens (tertiary/aromatic N) is 4. The van der Waals surface area contributed by atoms with Crippen molar-refractivity contribution >= 4 is 17.4 Å². The zero-order valence-corrected chi connectivity index (χ0v) is 12.4. The minimum Gasteiger partial charge on any atom is -0.370 e. The van der Waals surface area contributed by atoms with Gasteiger partial charge in [0.15, 0.2) is 5.82 Å². The van der Waals surface area contributed by atoms with Gasteiger partial charge in [-0.3, -0.25) is 0 Å². The third kappa shape index (κ3) is 2.71. The summed E-state index contributed by atoms with van der Waals surface area (Å²) in [5, 5.41) is 8.31. The first-order valence-electron chi connectivity index (χ1n) is 6.40. The normalized spacial score (nSPS) is 10.8. The monoisotopic (exact) mass is 279 g/mol. The minimum atomic E-state index is 0.682. The smallest absolute Gasteiger partial charge is 0.159 e. The summed E-state index contributed by atoms with van der Waals surface area (Å²) in [4.78, 5) is 8.94. The van der Waals surface area contributed by atoms with Gasteiger partial charge in [-0.15, -0.1) is 0 Å². The van der Waals surface area contributed by atoms with E-state index in [1.165, 1.54) is 0 Å². The number of rotatable bonds is 4. The van der Waals surface area contributed by atoms with Crippen LogP contribution in [-0.2, 0) is 6.42 Å². The molecule has 2 aromatic heterocycles. The molecule has 0 saturated carbocycles. The molecular formula is C13H18ClN5. The van der Waals surface area contributed by atoms with Gasteiger partial charge in [-0.1, -0.05) is 18.5 Å². The summed E-state index contributed by atoms with van der Waals surface area (Å²) in [7, 11) is 0. The summed E-state index contributed by atoms with van der Waals surface area (Å²) in [5.74, 6) is 2.35. The quantitative estimate of drug-likeness (QED) is 0.935. The standard InChI is InChI=1S/C13H18ClN5/c1-5-10-16-11(15-6-2)7-12(17-10)19-9(4)13(14)8(3)18-19/h7H,5-6H2,1-4H3,(H,15,16,17). The number of halogens is 1. The SMILES string of the molecule is CCNc1cc(-n2nc(C)c(Cl)c2C)nc(CC)n1. The van der Waals surface area contributed by atoms with Gasteiger partial charge < -0.3 is 5.32 Å². The summed E-state index contributed by atoms with van der Waals surface area (Å²) in [6.07, 6.45) is 0.777. The van der Waals surface area contributed by atoms with E-state index >= 15 is 0 Å². The Kier molecular flexibility index (Phi) is 4.04. The molecule has 0 aliphatic rings. The molecule has 0 atom stereocenters. The predicted octanol–water partition coefficient (Wildman–Crippen LogP) is 2.93. The Bertz CT molecular complexity index is 591. The first-order chi connectivity index (χ1) is 9.06. The number of anilines is 1. The van der Waals surface area contributed by atoms with Crippen molar-refractivity contribution in [3.8, 4) is 5.82 Å². The van der Waals surface area contributed by atoms with E-state index in [2.05, 4.69) is 20.4 Å². The second kappa shape index (κ2) is 5.57. The van der Waals surface area contributed by atoms with Gasteiger partial charge in [-0.25, -0.2) is 14.6 Å². The van der Waals surface area contributed by atoms with Crippen LogP contribution in [0, 0.1) is 13.8 Å². The van der Waals surface area contributed by atoms with Crippen LogP contribution in [0.2, 0.25) is 5.02 Å². The van der Waals surface area contributed by atoms with Crippen molar-refractivity contribution in [3.05, 3.63) is 28.3 Å². The van der Waals surface area contributed by atoms with Crippen LogP contribution in [-0.4, -0.2) is 26.3 Å². The Hall–Kier alpha value is -1.62. The first kappa shape index (κ1) is 13.8. The first-order valence-corrected chi connectivity index (χ1v) is 6.78. The van der Waals surface area contributed by atoms with Gasteiger partial charge in [0.05, 0.1) is 16.4 Å². The summed E-state index contributed by atoms with van der Waals surface area (Å²) in [6, 6.07) is 1.89. The molecule has 0 fully saturated rings. The highest BCUT2D eigenvalue weighted by Crippen LogP contribution is 2.22. The second-order valence-corrected chi connectivity index (χ2v) is 4.69. The van der Waals surface area contributed by atoms with Crippen molar-refractivity contribution in [2.24, 2.45) is 0 Å². The van der Waals surface area contributed by atoms with Crippen molar-refractivity contribution in [2.45, 2.75) is 34.1 Å². The van der Waals surface area contributed by atoms with Gasteiger partial charge in [0.25, 0.3) is 0 Å². The van der Waals surface area contributed by atoms with Crippen LogP contribution >= 0.6 is 11.6 Å². The second-order valence-electron chi connectivity index (χ2n) is 4.31. The highest BCUT2D eigenvalue weighted by atomic mass is 35.5. The van der Waals surface area contributed by atoms with E-state index < -0.39 is 0 Å². The van der Waals surface area contributed by atoms with Crippen LogP contribution < -0.4 is 5.32 Å². The van der Waals surface area contributed by atoms with Crippen LogP contribution in [0.15, 0.2) is 6.07 Å². The fourth-order valence-corrected chi connectivity index (χ4v) is 1.99. The summed E-state index contributed by atoms with van der Waals surface area (Å²) >= 11 is 6.18. The molecule has 2 rings (SSSR count). The lowest BCUT2D eigenvalue weighted by Crippen LogP contribution is -2.09. The number of aryl methyl sites for hydroxylation is 2. The van der Waals surface area contributed by atoms with E-state index in [1.807, 2.05) is 33.8 Å². The predicted molar refractivity (Wildman–Crippen MR) is 77.2 cm³/mol. The Morgan fingerprint density at radius 3 is 2.53 bits per heavy atom. The molecule has 0 amide bonds. The molecule has 0 aliphatic heterocycles. The molecule has 2 heterocycles. The molecule has 5 nitrogen and oxygen atoms in total. The van der Waals surface area contributed by atoms with Gasteiger partial charge in [-0.05, 0) is 20.8 Å². The lowest BCUT2D eigenvalue weighted by molar-refractivity contribution is 0.783. The fourth-order valence-electron chi connectivity index (χ4n) is 1.87. The van der Waals surface area contributed by atoms with Gasteiger partial charge >= 0.3 is 0 Å². The van der Waals surface area contributed by atoms with Gasteiger partial charge in [0, 0.05) is 19.0 Å². The zero-order chi connectivity index (χ0) is 14.0. The van der Waals surface area contributed by atoms with Crippen LogP contribution in [0.3, 0.4) is 0 Å². The highest BCUT2D eigenvalue weighted by molar-refractivity contribution is 6.31. The zero-order valence-electron chi connectivity index (χ0n) is 11.7. The molecule has 0 saturated heterocycles. The number of aromatic nitrogens is 4. The van der Waals surface area contributed by atoms with E-state index in [-0.39, 0.29) is 0 Å². The molecule has 0 aliphatic carbocycles. The molecule has 6 heteroatoms. The minimum absolute atomic E-state index is 0.682. The summed E-state index contributed by atoms with van der Waals surface area (Å²) < 4.78 is 1.76. The van der Waals surface area contributed by atoms with Crippen molar-refractivity contribution < 1.29 is 0 Å². The number of hydrogen-bond donors (Lipinski definition) is 1. The Morgan fingerprint density at radius 2 is 2.00 bits per heavy atom. The summed E-state index contributed by atoms with van der Waals surface area (Å²) in [6.45, 7) is 8.70. The lowest BCUT2D eigenvalue weighted by atomic mass is 10.4. The van der Waals surface area contributed by atoms with Crippen LogP contribution in [0.5, 0.6) is 0 Å². The third-order valence-corrected chi connectivity index (χ3v) is 3.40. The third-order valence-electron chi connectivity index (χ3n) is 2.85. The summed E-state index contributed by atoms with van der Waals surface area (Å²) in [5.41, 5.74) is 1.70. The Labute approximate surface area is 118 Å². The van der Waals surface area contributed by atoms with Gasteiger partial charge in [-0.2, -0.15) is 5.10 Å². The largest absolute Gasteiger partial charge is 0.370 e. The van der Waals surface area contributed by atoms with Crippen molar-refractivity contribution in [3.63, 3.8) is 0 Å². The van der Waals surface area contributed by atoms with E-state index in [1.54, 1.807) is 4.68 Å². The fraction of sp³-hybridized carbons (Fsp3) is 0.462. The van der Waals surface area contributed by atoms with E-state index in [4.69, 9.17) is 11.6 Å². The van der Waals surface area contributed by atoms with Gasteiger partial charge in [0.2, 0.25) is 0 Å². The molecule has 0 spiro atoms. The van der Waals surface area contributed by atoms with E-state index in [0.29, 0.717) is 5.02 Å². The molecule has 0 aromatic carbocycles. The Balaban J connectivity index is 2.54. The maximum absolute atomic E-state index is 6.18. The maximum atomic E-state index is 6.18. The molecule has 0 radical (unpaired) electrons. The van der Waals surface area contributed by atoms with Crippen molar-refractivity contribution in [1.29, 1.82) is 0 Å². The molecular weight excluding hydrogens is 262 g/mol. The molecule has 0 unspecified atom stereocenters. The van der Waals surface area contributed by atoms with E-state index in [9.17, 15) is 0 Å². The lowest BCUT2D eigenvalue weighted by Gasteiger charge is -2.09. The molecule has 19 heavy (non-hydrogen) atoms. The van der Waals surface area contributed by atoms with Crippen LogP contribution in [0.4, 0.5) is 5.82 Å². The highest BCUT2D eigenvalue weighted by Gasteiger charge is 2.13. The number of nitrogens with one attached hydrogen (secondary N) is 1. The van der Waals surface area contributed by atoms with Crippen molar-refractivity contribution in [2.75, 3.05) is 11.9 Å². The average molecular weight is 280 g/mol. The number of hydrogen-bond acceptors (Lipinski definition) is 4. The van der Waals surface area contributed by atoms with Crippen molar-refractivity contribution in [1.82, 2.24) is 19.7 Å². The maximum Gasteiger partial charge on any atom is 0.159 e. The Morgan fingerprint density at radius 1 is 1.26 bits per heavy atom. The topological polar surface area (TPSA) is 55.6 Å². The average Bonchev–Trinajstić information content (AvgIpc) is 2.66. The van der Waals surface area contributed by atoms with Gasteiger partial charge in [0.1, 0.15) is 11.6 Å². The van der Waals surface area contributed by atoms with Crippen LogP contribution in [0.25, 0.3) is 5.82 Å². The molecule has 1 N–H and O–H groups in total. The molecule has 102 valence electrons. The van der Waals surface area contributed by atoms with E-state index in [0.717, 1.165) is 41.8 Å².